The molecule has 0 atom stereocenters. The molecule has 3 aromatic heterocycles. The maximum atomic E-state index is 2.37. The minimum atomic E-state index is 1.10. The van der Waals surface area contributed by atoms with E-state index in [9.17, 15) is 0 Å². The van der Waals surface area contributed by atoms with Crippen molar-refractivity contribution in [1.29, 1.82) is 0 Å². The summed E-state index contributed by atoms with van der Waals surface area (Å²) in [6, 6.07) is 208. The summed E-state index contributed by atoms with van der Waals surface area (Å²) in [5, 5.41) is 7.93. The molecular formula is C138H95N3S3. The summed E-state index contributed by atoms with van der Waals surface area (Å²) in [7, 11) is 0. The van der Waals surface area contributed by atoms with Crippen LogP contribution in [-0.4, -0.2) is 0 Å². The van der Waals surface area contributed by atoms with Crippen molar-refractivity contribution in [3.8, 4) is 122 Å². The molecule has 0 unspecified atom stereocenters. The fraction of sp³-hybridized carbons (Fsp3) is 0. The summed E-state index contributed by atoms with van der Waals surface area (Å²) < 4.78 is 7.97. The number of para-hydroxylation sites is 1. The van der Waals surface area contributed by atoms with Crippen molar-refractivity contribution < 1.29 is 0 Å². The van der Waals surface area contributed by atoms with Crippen LogP contribution in [0.3, 0.4) is 0 Å². The van der Waals surface area contributed by atoms with E-state index in [1.807, 2.05) is 34.0 Å². The molecule has 680 valence electrons. The van der Waals surface area contributed by atoms with Gasteiger partial charge in [-0.25, -0.2) is 0 Å². The normalized spacial score (nSPS) is 11.2. The second-order valence-electron chi connectivity index (χ2n) is 36.1. The Hall–Kier alpha value is -17.9. The fourth-order valence-corrected chi connectivity index (χ4v) is 23.7. The molecule has 144 heavy (non-hydrogen) atoms. The van der Waals surface area contributed by atoms with Gasteiger partial charge in [0.2, 0.25) is 0 Å². The van der Waals surface area contributed by atoms with Crippen LogP contribution in [0.2, 0.25) is 0 Å². The first-order valence-electron chi connectivity index (χ1n) is 49.0. The zero-order valence-electron chi connectivity index (χ0n) is 78.9. The quantitative estimate of drug-likeness (QED) is 0.0753. The molecule has 0 fully saturated rings. The number of rotatable bonds is 20. The van der Waals surface area contributed by atoms with Crippen molar-refractivity contribution in [3.63, 3.8) is 0 Å². The van der Waals surface area contributed by atoms with Crippen molar-refractivity contribution >= 4 is 146 Å². The van der Waals surface area contributed by atoms with Crippen LogP contribution < -0.4 is 14.7 Å². The summed E-state index contributed by atoms with van der Waals surface area (Å²) >= 11 is 5.63. The minimum Gasteiger partial charge on any atom is -0.311 e. The number of hydrogen-bond donors (Lipinski definition) is 0. The summed E-state index contributed by atoms with van der Waals surface area (Å²) in [5.41, 5.74) is 36.9. The number of nitrogens with zero attached hydrogens (tertiary/aromatic N) is 3. The third kappa shape index (κ3) is 18.5. The standard InChI is InChI=1S/C54H37NS.2C42H29NS/c1-3-11-38(12-4-1)40-21-25-42(26-22-40)44-29-33-47(34-30-44)55(48-35-31-45(32-36-48)43-27-23-41(24-28-43)39-13-5-2-6-14-39)49-16-9-15-46(37-49)50-18-10-19-52-51-17-7-8-20-53(51)56-54(50)52;1-3-11-30(12-4-1)32-21-25-35(26-22-32)43(36-27-23-33(24-28-36)31-13-5-2-6-14-31)37-16-9-15-34(29-37)38-18-10-19-40-39-17-7-8-20-41(39)44-42(38)40;1-3-10-30(11-4-1)31-18-20-32(21-19-31)33-22-26-36(27-23-33)43(35-12-5-2-6-13-35)37-28-24-34(25-29-37)38-15-9-16-40-39-14-7-8-17-41(39)44-42(38)40/h1-37H;2*1-29H. The summed E-state index contributed by atoms with van der Waals surface area (Å²) in [4.78, 5) is 7.06. The lowest BCUT2D eigenvalue weighted by Gasteiger charge is -2.26. The van der Waals surface area contributed by atoms with Crippen molar-refractivity contribution in [1.82, 2.24) is 0 Å². The van der Waals surface area contributed by atoms with E-state index in [-0.39, 0.29) is 0 Å². The first-order chi connectivity index (χ1) is 71.4. The van der Waals surface area contributed by atoms with Crippen LogP contribution in [-0.2, 0) is 0 Å². The Balaban J connectivity index is 0.000000117. The van der Waals surface area contributed by atoms with Gasteiger partial charge in [-0.2, -0.15) is 0 Å². The Morgan fingerprint density at radius 2 is 0.264 bits per heavy atom. The molecule has 23 aromatic carbocycles. The second-order valence-corrected chi connectivity index (χ2v) is 39.3. The molecule has 6 heteroatoms. The van der Waals surface area contributed by atoms with Crippen LogP contribution in [0.1, 0.15) is 0 Å². The van der Waals surface area contributed by atoms with Crippen LogP contribution in [0, 0.1) is 0 Å². The van der Waals surface area contributed by atoms with E-state index in [2.05, 4.69) is 591 Å². The van der Waals surface area contributed by atoms with Gasteiger partial charge in [0.1, 0.15) is 0 Å². The molecule has 0 spiro atoms. The molecule has 3 nitrogen and oxygen atoms in total. The van der Waals surface area contributed by atoms with E-state index in [0.29, 0.717) is 0 Å². The lowest BCUT2D eigenvalue weighted by Crippen LogP contribution is -2.10. The molecule has 0 saturated carbocycles. The molecule has 3 heterocycles. The van der Waals surface area contributed by atoms with Gasteiger partial charge in [0, 0.05) is 112 Å². The van der Waals surface area contributed by atoms with Gasteiger partial charge in [-0.1, -0.05) is 449 Å². The molecule has 0 saturated heterocycles. The topological polar surface area (TPSA) is 9.72 Å². The largest absolute Gasteiger partial charge is 0.311 e. The Labute approximate surface area is 852 Å². The van der Waals surface area contributed by atoms with Crippen LogP contribution in [0.15, 0.2) is 576 Å². The van der Waals surface area contributed by atoms with Gasteiger partial charge in [0.15, 0.2) is 0 Å². The Bertz CT molecular complexity index is 8740. The number of benzene rings is 23. The lowest BCUT2D eigenvalue weighted by molar-refractivity contribution is 1.28. The van der Waals surface area contributed by atoms with Gasteiger partial charge in [0.05, 0.1) is 0 Å². The van der Waals surface area contributed by atoms with Crippen LogP contribution in [0.25, 0.3) is 183 Å². The summed E-state index contributed by atoms with van der Waals surface area (Å²) in [5.74, 6) is 0. The number of anilines is 9. The van der Waals surface area contributed by atoms with Gasteiger partial charge < -0.3 is 14.7 Å². The maximum absolute atomic E-state index is 2.37. The highest BCUT2D eigenvalue weighted by molar-refractivity contribution is 7.27. The summed E-state index contributed by atoms with van der Waals surface area (Å²) in [6.07, 6.45) is 0. The second kappa shape index (κ2) is 40.5. The predicted molar refractivity (Wildman–Crippen MR) is 622 cm³/mol. The molecule has 26 aromatic rings. The number of fused-ring (bicyclic) bond motifs is 9. The molecule has 0 N–H and O–H groups in total. The maximum Gasteiger partial charge on any atom is 0.0467 e. The molecule has 0 amide bonds. The first kappa shape index (κ1) is 88.8. The van der Waals surface area contributed by atoms with E-state index < -0.39 is 0 Å². The number of hydrogen-bond acceptors (Lipinski definition) is 6. The Kier molecular flexibility index (Phi) is 25.0. The van der Waals surface area contributed by atoms with Gasteiger partial charge in [-0.3, -0.25) is 0 Å². The van der Waals surface area contributed by atoms with Gasteiger partial charge in [-0.05, 0) is 250 Å². The molecule has 0 aliphatic carbocycles. The third-order valence-corrected chi connectivity index (χ3v) is 31.0. The average molecular weight is 1890 g/mol. The van der Waals surface area contributed by atoms with Crippen LogP contribution in [0.4, 0.5) is 51.2 Å². The first-order valence-corrected chi connectivity index (χ1v) is 51.4. The minimum absolute atomic E-state index is 1.10. The summed E-state index contributed by atoms with van der Waals surface area (Å²) in [6.45, 7) is 0. The van der Waals surface area contributed by atoms with Crippen molar-refractivity contribution in [3.05, 3.63) is 576 Å². The van der Waals surface area contributed by atoms with Crippen LogP contribution in [0.5, 0.6) is 0 Å². The molecular weight excluding hydrogens is 1800 g/mol. The zero-order chi connectivity index (χ0) is 95.9. The lowest BCUT2D eigenvalue weighted by atomic mass is 9.99. The molecule has 0 bridgehead atoms. The highest BCUT2D eigenvalue weighted by atomic mass is 32.1. The molecule has 26 rings (SSSR count). The van der Waals surface area contributed by atoms with E-state index in [4.69, 9.17) is 0 Å². The van der Waals surface area contributed by atoms with Crippen molar-refractivity contribution in [2.45, 2.75) is 0 Å². The third-order valence-electron chi connectivity index (χ3n) is 27.3. The monoisotopic (exact) mass is 1890 g/mol. The molecule has 0 radical (unpaired) electrons. The van der Waals surface area contributed by atoms with Crippen LogP contribution >= 0.6 is 34.0 Å². The highest BCUT2D eigenvalue weighted by Crippen LogP contribution is 2.49. The van der Waals surface area contributed by atoms with Crippen molar-refractivity contribution in [2.24, 2.45) is 0 Å². The van der Waals surface area contributed by atoms with E-state index in [0.717, 1.165) is 51.2 Å². The highest BCUT2D eigenvalue weighted by Gasteiger charge is 2.23. The fourth-order valence-electron chi connectivity index (χ4n) is 20.0. The average Bonchev–Trinajstić information content (AvgIpc) is 1.33. The predicted octanol–water partition coefficient (Wildman–Crippen LogP) is 40.9. The van der Waals surface area contributed by atoms with Gasteiger partial charge in [0.25, 0.3) is 0 Å². The Morgan fingerprint density at radius 3 is 0.514 bits per heavy atom. The molecule has 0 aliphatic rings. The van der Waals surface area contributed by atoms with Gasteiger partial charge >= 0.3 is 0 Å². The SMILES string of the molecule is c1ccc(-c2ccc(-c3ccc(N(c4ccc(-c5ccc(-c6ccccc6)cc5)cc4)c4cccc(-c5cccc6c5sc5ccccc56)c4)cc3)cc2)cc1.c1ccc(-c2ccc(-c3ccc(N(c4ccccc4)c4ccc(-c5cccc6c5sc5ccccc56)cc4)cc3)cc2)cc1.c1ccc(-c2ccc(N(c3ccc(-c4ccccc4)cc3)c3cccc(-c4cccc5c4sc4ccccc45)c3)cc2)cc1. The van der Waals surface area contributed by atoms with E-state index in [1.54, 1.807) is 0 Å². The zero-order valence-corrected chi connectivity index (χ0v) is 81.4. The van der Waals surface area contributed by atoms with E-state index >= 15 is 0 Å². The van der Waals surface area contributed by atoms with E-state index in [1.165, 1.54) is 183 Å². The van der Waals surface area contributed by atoms with Crippen molar-refractivity contribution in [2.75, 3.05) is 14.7 Å². The Morgan fingerprint density at radius 1 is 0.104 bits per heavy atom. The van der Waals surface area contributed by atoms with Gasteiger partial charge in [-0.15, -0.1) is 34.0 Å². The smallest absolute Gasteiger partial charge is 0.0467 e. The number of thiophene rings is 3. The molecule has 0 aliphatic heterocycles.